The van der Waals surface area contributed by atoms with Crippen molar-refractivity contribution in [2.24, 2.45) is 0 Å². The Bertz CT molecular complexity index is 1210. The highest BCUT2D eigenvalue weighted by molar-refractivity contribution is 7.87. The topological polar surface area (TPSA) is 94.8 Å². The number of halogens is 4. The van der Waals surface area contributed by atoms with Gasteiger partial charge in [0.25, 0.3) is 10.1 Å². The number of hydrogen-bond donors (Lipinski definition) is 3. The summed E-state index contributed by atoms with van der Waals surface area (Å²) in [6.07, 6.45) is 0. The van der Waals surface area contributed by atoms with Crippen LogP contribution in [0.4, 0.5) is 0 Å². The normalized spacial score (nSPS) is 13.8. The third kappa shape index (κ3) is 3.65. The minimum Gasteiger partial charge on any atom is -0.506 e. The van der Waals surface area contributed by atoms with Gasteiger partial charge in [-0.2, -0.15) is 8.42 Å². The van der Waals surface area contributed by atoms with Crippen LogP contribution in [0.15, 0.2) is 54.6 Å². The van der Waals surface area contributed by atoms with Gasteiger partial charge in [0, 0.05) is 26.2 Å². The van der Waals surface area contributed by atoms with E-state index >= 15 is 0 Å². The first kappa shape index (κ1) is 22.0. The molecule has 0 aliphatic heterocycles. The smallest absolute Gasteiger partial charge is 0.283 e. The lowest BCUT2D eigenvalue weighted by atomic mass is 9.83. The van der Waals surface area contributed by atoms with Gasteiger partial charge in [-0.05, 0) is 42.0 Å². The van der Waals surface area contributed by atoms with Crippen molar-refractivity contribution < 1.29 is 23.2 Å². The molecule has 10 heteroatoms. The second-order valence-electron chi connectivity index (χ2n) is 6.09. The maximum Gasteiger partial charge on any atom is 0.283 e. The van der Waals surface area contributed by atoms with Crippen molar-refractivity contribution >= 4 is 56.5 Å². The summed E-state index contributed by atoms with van der Waals surface area (Å²) in [4.78, 5) is 0. The number of phenols is 2. The molecule has 0 radical (unpaired) electrons. The number of aromatic hydroxyl groups is 2. The Labute approximate surface area is 186 Å². The molecule has 0 aromatic heterocycles. The first-order chi connectivity index (χ1) is 13.5. The molecule has 0 saturated carbocycles. The second-order valence-corrected chi connectivity index (χ2v) is 9.31. The minimum atomic E-state index is -5.08. The first-order valence-corrected chi connectivity index (χ1v) is 10.8. The molecule has 29 heavy (non-hydrogen) atoms. The van der Waals surface area contributed by atoms with Crippen LogP contribution in [-0.2, 0) is 14.9 Å². The highest BCUT2D eigenvalue weighted by Gasteiger charge is 2.51. The van der Waals surface area contributed by atoms with Gasteiger partial charge in [-0.15, -0.1) is 0 Å². The summed E-state index contributed by atoms with van der Waals surface area (Å²) in [6, 6.07) is 11.9. The molecule has 5 nitrogen and oxygen atoms in total. The van der Waals surface area contributed by atoms with Crippen molar-refractivity contribution in [1.82, 2.24) is 0 Å². The van der Waals surface area contributed by atoms with Gasteiger partial charge in [0.1, 0.15) is 16.5 Å². The largest absolute Gasteiger partial charge is 0.506 e. The molecule has 3 rings (SSSR count). The molecular formula is C19H12Cl4O5S. The quantitative estimate of drug-likeness (QED) is 0.311. The monoisotopic (exact) mass is 492 g/mol. The Morgan fingerprint density at radius 1 is 0.793 bits per heavy atom. The van der Waals surface area contributed by atoms with Crippen molar-refractivity contribution in [2.45, 2.75) is 4.75 Å². The molecule has 0 aliphatic rings. The average molecular weight is 494 g/mol. The van der Waals surface area contributed by atoms with Gasteiger partial charge in [0.15, 0.2) is 4.75 Å². The third-order valence-corrected chi connectivity index (χ3v) is 7.01. The maximum atomic E-state index is 13.0. The molecule has 3 N–H and O–H groups in total. The lowest BCUT2D eigenvalue weighted by Gasteiger charge is -2.34. The summed E-state index contributed by atoms with van der Waals surface area (Å²) in [7, 11) is -5.08. The standard InChI is InChI=1S/C19H12Cl4O5S/c20-11-3-1-2-10(8-11)19(29(26,27)28,13-5-4-12(21)9-15(13)22)14-6-7-16(24)17(23)18(14)25/h1-9,24-25H,(H,26,27,28). The lowest BCUT2D eigenvalue weighted by Crippen LogP contribution is -2.38. The van der Waals surface area contributed by atoms with Crippen molar-refractivity contribution in [3.63, 3.8) is 0 Å². The highest BCUT2D eigenvalue weighted by atomic mass is 35.5. The van der Waals surface area contributed by atoms with Crippen LogP contribution in [0.5, 0.6) is 11.5 Å². The van der Waals surface area contributed by atoms with Crippen LogP contribution in [0.1, 0.15) is 16.7 Å². The summed E-state index contributed by atoms with van der Waals surface area (Å²) in [5.41, 5.74) is -0.464. The fourth-order valence-corrected chi connectivity index (χ4v) is 5.49. The minimum absolute atomic E-state index is 0.0196. The van der Waals surface area contributed by atoms with E-state index in [0.717, 1.165) is 12.1 Å². The van der Waals surface area contributed by atoms with E-state index in [4.69, 9.17) is 46.4 Å². The van der Waals surface area contributed by atoms with E-state index in [1.807, 2.05) is 0 Å². The second kappa shape index (κ2) is 7.87. The Morgan fingerprint density at radius 3 is 2.00 bits per heavy atom. The first-order valence-electron chi connectivity index (χ1n) is 7.89. The number of rotatable bonds is 4. The van der Waals surface area contributed by atoms with E-state index in [0.29, 0.717) is 0 Å². The Hall–Kier alpha value is -1.67. The zero-order valence-electron chi connectivity index (χ0n) is 14.3. The van der Waals surface area contributed by atoms with Gasteiger partial charge in [0.2, 0.25) is 0 Å². The Kier molecular flexibility index (Phi) is 5.98. The Morgan fingerprint density at radius 2 is 1.41 bits per heavy atom. The molecule has 0 fully saturated rings. The van der Waals surface area contributed by atoms with Crippen LogP contribution in [-0.4, -0.2) is 23.2 Å². The molecule has 1 unspecified atom stereocenters. The predicted molar refractivity (Wildman–Crippen MR) is 114 cm³/mol. The van der Waals surface area contributed by atoms with Crippen molar-refractivity contribution in [3.8, 4) is 11.5 Å². The van der Waals surface area contributed by atoms with Crippen molar-refractivity contribution in [2.75, 3.05) is 0 Å². The maximum absolute atomic E-state index is 13.0. The lowest BCUT2D eigenvalue weighted by molar-refractivity contribution is 0.431. The molecule has 152 valence electrons. The van der Waals surface area contributed by atoms with Gasteiger partial charge in [-0.1, -0.05) is 64.6 Å². The van der Waals surface area contributed by atoms with Crippen LogP contribution >= 0.6 is 46.4 Å². The number of phenolic OH excluding ortho intramolecular Hbond substituents is 2. The molecule has 1 atom stereocenters. The van der Waals surface area contributed by atoms with Crippen LogP contribution in [0.3, 0.4) is 0 Å². The summed E-state index contributed by atoms with van der Waals surface area (Å²) < 4.78 is 34.0. The van der Waals surface area contributed by atoms with E-state index in [2.05, 4.69) is 0 Å². The third-order valence-electron chi connectivity index (χ3n) is 4.40. The van der Waals surface area contributed by atoms with E-state index in [-0.39, 0.29) is 31.8 Å². The molecule has 0 aliphatic carbocycles. The molecule has 0 saturated heterocycles. The van der Waals surface area contributed by atoms with E-state index < -0.39 is 31.4 Å². The fourth-order valence-electron chi connectivity index (χ4n) is 3.20. The number of benzene rings is 3. The predicted octanol–water partition coefficient (Wildman–Crippen LogP) is 5.89. The highest BCUT2D eigenvalue weighted by Crippen LogP contribution is 2.52. The SMILES string of the molecule is O=S(=O)(O)C(c1cccc(Cl)c1)(c1ccc(Cl)cc1Cl)c1ccc(O)c(Cl)c1O. The van der Waals surface area contributed by atoms with Crippen molar-refractivity contribution in [1.29, 1.82) is 0 Å². The van der Waals surface area contributed by atoms with Crippen LogP contribution in [0.25, 0.3) is 0 Å². The summed E-state index contributed by atoms with van der Waals surface area (Å²) in [6.45, 7) is 0. The van der Waals surface area contributed by atoms with Gasteiger partial charge >= 0.3 is 0 Å². The molecule has 3 aromatic rings. The zero-order chi connectivity index (χ0) is 21.6. The van der Waals surface area contributed by atoms with Gasteiger partial charge in [0.05, 0.1) is 0 Å². The summed E-state index contributed by atoms with van der Waals surface area (Å²) in [5, 5.41) is 20.2. The summed E-state index contributed by atoms with van der Waals surface area (Å²) >= 11 is 24.3. The van der Waals surface area contributed by atoms with Crippen LogP contribution in [0.2, 0.25) is 20.1 Å². The molecule has 0 bridgehead atoms. The Balaban J connectivity index is 2.61. The van der Waals surface area contributed by atoms with Gasteiger partial charge in [-0.3, -0.25) is 4.55 Å². The van der Waals surface area contributed by atoms with E-state index in [1.54, 1.807) is 0 Å². The average Bonchev–Trinajstić information content (AvgIpc) is 2.62. The fraction of sp³-hybridized carbons (Fsp3) is 0.0526. The van der Waals surface area contributed by atoms with Gasteiger partial charge < -0.3 is 10.2 Å². The molecule has 3 aromatic carbocycles. The molecule has 0 heterocycles. The van der Waals surface area contributed by atoms with Gasteiger partial charge in [-0.25, -0.2) is 0 Å². The van der Waals surface area contributed by atoms with Crippen LogP contribution < -0.4 is 0 Å². The van der Waals surface area contributed by atoms with E-state index in [1.165, 1.54) is 42.5 Å². The molecular weight excluding hydrogens is 482 g/mol. The number of hydrogen-bond acceptors (Lipinski definition) is 4. The zero-order valence-corrected chi connectivity index (χ0v) is 18.1. The molecule has 0 spiro atoms. The molecule has 0 amide bonds. The van der Waals surface area contributed by atoms with Crippen molar-refractivity contribution in [3.05, 3.63) is 91.4 Å². The summed E-state index contributed by atoms with van der Waals surface area (Å²) in [5.74, 6) is -1.24. The van der Waals surface area contributed by atoms with E-state index in [9.17, 15) is 23.2 Å². The van der Waals surface area contributed by atoms with Crippen LogP contribution in [0, 0.1) is 0 Å².